The van der Waals surface area contributed by atoms with Crippen LogP contribution in [-0.2, 0) is 13.1 Å². The number of thioether (sulfide) groups is 1. The molecule has 8 heteroatoms. The molecule has 0 bridgehead atoms. The molecule has 4 aromatic rings. The van der Waals surface area contributed by atoms with Crippen molar-refractivity contribution in [1.82, 2.24) is 9.13 Å². The van der Waals surface area contributed by atoms with Crippen molar-refractivity contribution < 1.29 is 0 Å². The van der Waals surface area contributed by atoms with Crippen molar-refractivity contribution in [1.29, 1.82) is 15.8 Å². The molecule has 35 heavy (non-hydrogen) atoms. The smallest absolute Gasteiger partial charge is 0.129 e. The van der Waals surface area contributed by atoms with Gasteiger partial charge in [0.15, 0.2) is 0 Å². The highest BCUT2D eigenvalue weighted by molar-refractivity contribution is 8.00. The van der Waals surface area contributed by atoms with Crippen molar-refractivity contribution in [2.24, 2.45) is 0 Å². The Balaban J connectivity index is 1.81. The molecular formula is C27H23N5S3. The molecule has 174 valence electrons. The van der Waals surface area contributed by atoms with E-state index in [1.54, 1.807) is 29.2 Å². The monoisotopic (exact) mass is 513 g/mol. The lowest BCUT2D eigenvalue weighted by Gasteiger charge is -2.14. The summed E-state index contributed by atoms with van der Waals surface area (Å²) >= 11 is 5.45. The van der Waals surface area contributed by atoms with Crippen molar-refractivity contribution in [2.75, 3.05) is 5.75 Å². The number of allylic oxidation sites excluding steroid dienone is 3. The first-order valence-corrected chi connectivity index (χ1v) is 14.2. The quantitative estimate of drug-likeness (QED) is 0.244. The van der Waals surface area contributed by atoms with Gasteiger partial charge in [0.1, 0.15) is 17.7 Å². The van der Waals surface area contributed by atoms with E-state index in [1.165, 1.54) is 41.2 Å². The van der Waals surface area contributed by atoms with Crippen LogP contribution in [0.5, 0.6) is 0 Å². The fraction of sp³-hybridized carbons (Fsp3) is 0.296. The summed E-state index contributed by atoms with van der Waals surface area (Å²) in [6, 6.07) is 8.43. The topological polar surface area (TPSA) is 81.2 Å². The number of aryl methyl sites for hydroxylation is 2. The molecule has 0 aromatic carbocycles. The Bertz CT molecular complexity index is 1690. The van der Waals surface area contributed by atoms with E-state index in [9.17, 15) is 15.8 Å². The summed E-state index contributed by atoms with van der Waals surface area (Å²) < 4.78 is 8.87. The number of fused-ring (bicyclic) bond motifs is 7. The highest BCUT2D eigenvalue weighted by Crippen LogP contribution is 2.50. The van der Waals surface area contributed by atoms with Gasteiger partial charge in [-0.1, -0.05) is 13.8 Å². The zero-order chi connectivity index (χ0) is 24.7. The normalized spacial score (nSPS) is 13.5. The van der Waals surface area contributed by atoms with Gasteiger partial charge in [0.2, 0.25) is 0 Å². The third-order valence-corrected chi connectivity index (χ3v) is 9.79. The standard InChI is InChI=1S/C27H23N5S3/c1-4-6-31-20-10-17(9-18(13-29)14-30)15-33-24(20)26-22(31)23-27(35-26)25-21(32(23)7-5-2)11-19(34-25)8-16(3)12-28/h8-11H,4-7,15H2,1-3H3/b16-8-. The van der Waals surface area contributed by atoms with Gasteiger partial charge >= 0.3 is 0 Å². The maximum Gasteiger partial charge on any atom is 0.129 e. The van der Waals surface area contributed by atoms with Gasteiger partial charge in [0.05, 0.1) is 47.3 Å². The van der Waals surface area contributed by atoms with Crippen LogP contribution in [0.25, 0.3) is 42.8 Å². The van der Waals surface area contributed by atoms with E-state index in [0.717, 1.165) is 47.7 Å². The van der Waals surface area contributed by atoms with Crippen LogP contribution in [0, 0.1) is 34.0 Å². The number of hydrogen-bond acceptors (Lipinski definition) is 6. The van der Waals surface area contributed by atoms with E-state index in [0.29, 0.717) is 0 Å². The third kappa shape index (κ3) is 3.81. The maximum atomic E-state index is 9.23. The average molecular weight is 514 g/mol. The van der Waals surface area contributed by atoms with Crippen molar-refractivity contribution >= 4 is 77.2 Å². The Kier molecular flexibility index (Phi) is 6.34. The predicted octanol–water partition coefficient (Wildman–Crippen LogP) is 8.08. The van der Waals surface area contributed by atoms with Crippen LogP contribution in [0.1, 0.15) is 44.2 Å². The molecule has 1 aliphatic heterocycles. The maximum absolute atomic E-state index is 9.23. The molecule has 1 aliphatic rings. The molecule has 0 aliphatic carbocycles. The fourth-order valence-electron chi connectivity index (χ4n) is 4.71. The zero-order valence-corrected chi connectivity index (χ0v) is 22.3. The van der Waals surface area contributed by atoms with Crippen LogP contribution in [0.2, 0.25) is 0 Å². The van der Waals surface area contributed by atoms with Crippen LogP contribution in [0.3, 0.4) is 0 Å². The first-order chi connectivity index (χ1) is 17.0. The van der Waals surface area contributed by atoms with Crippen molar-refractivity contribution in [3.8, 4) is 18.2 Å². The van der Waals surface area contributed by atoms with E-state index in [4.69, 9.17) is 0 Å². The Morgan fingerprint density at radius 1 is 0.943 bits per heavy atom. The van der Waals surface area contributed by atoms with E-state index in [2.05, 4.69) is 41.2 Å². The minimum Gasteiger partial charge on any atom is -0.338 e. The van der Waals surface area contributed by atoms with Gasteiger partial charge in [-0.15, -0.1) is 34.4 Å². The number of thiophene rings is 2. The van der Waals surface area contributed by atoms with Gasteiger partial charge in [-0.3, -0.25) is 0 Å². The Morgan fingerprint density at radius 3 is 2.34 bits per heavy atom. The second kappa shape index (κ2) is 9.44. The lowest BCUT2D eigenvalue weighted by atomic mass is 10.1. The summed E-state index contributed by atoms with van der Waals surface area (Å²) in [4.78, 5) is 2.42. The first kappa shape index (κ1) is 23.5. The number of hydrogen-bond donors (Lipinski definition) is 0. The molecule has 0 radical (unpaired) electrons. The Labute approximate surface area is 216 Å². The predicted molar refractivity (Wildman–Crippen MR) is 149 cm³/mol. The molecule has 0 spiro atoms. The lowest BCUT2D eigenvalue weighted by Crippen LogP contribution is -2.04. The molecule has 4 aromatic heterocycles. The molecule has 5 nitrogen and oxygen atoms in total. The van der Waals surface area contributed by atoms with Crippen LogP contribution >= 0.6 is 34.4 Å². The molecule has 0 atom stereocenters. The van der Waals surface area contributed by atoms with Crippen LogP contribution in [0.15, 0.2) is 33.8 Å². The van der Waals surface area contributed by atoms with Gasteiger partial charge in [-0.05, 0) is 49.6 Å². The second-order valence-corrected chi connectivity index (χ2v) is 11.7. The summed E-state index contributed by atoms with van der Waals surface area (Å²) in [5.41, 5.74) is 6.92. The second-order valence-electron chi connectivity index (χ2n) is 8.57. The van der Waals surface area contributed by atoms with E-state index >= 15 is 0 Å². The van der Waals surface area contributed by atoms with Gasteiger partial charge < -0.3 is 9.13 Å². The summed E-state index contributed by atoms with van der Waals surface area (Å²) in [5.74, 6) is 0.749. The van der Waals surface area contributed by atoms with Gasteiger partial charge in [0, 0.05) is 29.3 Å². The average Bonchev–Trinajstić information content (AvgIpc) is 3.57. The SMILES string of the molecule is CCCn1c2c(c3sc4c5sc(/C=C(/C)C#N)cc5n(CCC)c4c31)SCC(C=C(C#N)C#N)=C2. The molecule has 0 unspecified atom stereocenters. The molecule has 0 N–H and O–H groups in total. The largest absolute Gasteiger partial charge is 0.338 e. The number of rotatable bonds is 6. The van der Waals surface area contributed by atoms with Crippen LogP contribution in [-0.4, -0.2) is 14.9 Å². The van der Waals surface area contributed by atoms with Gasteiger partial charge in [-0.25, -0.2) is 0 Å². The summed E-state index contributed by atoms with van der Waals surface area (Å²) in [7, 11) is 0. The minimum absolute atomic E-state index is 0.145. The van der Waals surface area contributed by atoms with E-state index in [-0.39, 0.29) is 5.57 Å². The Morgan fingerprint density at radius 2 is 1.66 bits per heavy atom. The lowest BCUT2D eigenvalue weighted by molar-refractivity contribution is 0.689. The molecule has 5 rings (SSSR count). The summed E-state index contributed by atoms with van der Waals surface area (Å²) in [6.07, 6.45) is 7.92. The minimum atomic E-state index is 0.145. The molecule has 0 saturated heterocycles. The van der Waals surface area contributed by atoms with Crippen LogP contribution < -0.4 is 0 Å². The highest BCUT2D eigenvalue weighted by atomic mass is 32.2. The molecule has 0 fully saturated rings. The first-order valence-electron chi connectivity index (χ1n) is 11.6. The van der Waals surface area contributed by atoms with Crippen molar-refractivity contribution in [3.05, 3.63) is 39.4 Å². The van der Waals surface area contributed by atoms with Crippen LogP contribution in [0.4, 0.5) is 0 Å². The van der Waals surface area contributed by atoms with Crippen molar-refractivity contribution in [2.45, 2.75) is 51.6 Å². The molecule has 0 amide bonds. The molecule has 5 heterocycles. The number of aromatic nitrogens is 2. The molecular weight excluding hydrogens is 491 g/mol. The van der Waals surface area contributed by atoms with Crippen molar-refractivity contribution in [3.63, 3.8) is 0 Å². The summed E-state index contributed by atoms with van der Waals surface area (Å²) in [5, 5.41) is 27.6. The molecule has 0 saturated carbocycles. The third-order valence-electron chi connectivity index (χ3n) is 6.06. The fourth-order valence-corrected chi connectivity index (χ4v) is 8.59. The number of nitriles is 3. The number of nitrogens with zero attached hydrogens (tertiary/aromatic N) is 5. The van der Waals surface area contributed by atoms with E-state index in [1.807, 2.05) is 36.5 Å². The van der Waals surface area contributed by atoms with E-state index < -0.39 is 0 Å². The Hall–Kier alpha value is -3.22. The van der Waals surface area contributed by atoms with Gasteiger partial charge in [0.25, 0.3) is 0 Å². The summed E-state index contributed by atoms with van der Waals surface area (Å²) in [6.45, 7) is 8.11. The van der Waals surface area contributed by atoms with Gasteiger partial charge in [-0.2, -0.15) is 15.8 Å². The zero-order valence-electron chi connectivity index (χ0n) is 19.8. The highest BCUT2D eigenvalue weighted by Gasteiger charge is 2.27.